The van der Waals surface area contributed by atoms with Gasteiger partial charge in [0.15, 0.2) is 5.76 Å². The Morgan fingerprint density at radius 3 is 2.87 bits per heavy atom. The molecule has 2 rings (SSSR count). The standard InChI is InChI=1S/C12H15NO2/c13-8-10-6-7-11(15-10)12(14)9-4-2-1-3-5-9/h4,6-7H,1-3,5,8,13H2. The number of carbonyl (C=O) groups is 1. The van der Waals surface area contributed by atoms with Crippen LogP contribution in [0.15, 0.2) is 28.2 Å². The first kappa shape index (κ1) is 10.2. The van der Waals surface area contributed by atoms with Crippen LogP contribution in [-0.2, 0) is 6.54 Å². The van der Waals surface area contributed by atoms with E-state index >= 15 is 0 Å². The predicted molar refractivity (Wildman–Crippen MR) is 57.5 cm³/mol. The second kappa shape index (κ2) is 4.45. The van der Waals surface area contributed by atoms with Crippen molar-refractivity contribution in [3.05, 3.63) is 35.3 Å². The third-order valence-electron chi connectivity index (χ3n) is 2.67. The van der Waals surface area contributed by atoms with E-state index < -0.39 is 0 Å². The average Bonchev–Trinajstić information content (AvgIpc) is 2.78. The summed E-state index contributed by atoms with van der Waals surface area (Å²) >= 11 is 0. The summed E-state index contributed by atoms with van der Waals surface area (Å²) in [6.45, 7) is 0.340. The first-order valence-electron chi connectivity index (χ1n) is 5.34. The molecule has 3 nitrogen and oxygen atoms in total. The highest BCUT2D eigenvalue weighted by atomic mass is 16.3. The molecular formula is C12H15NO2. The lowest BCUT2D eigenvalue weighted by Crippen LogP contribution is -2.05. The van der Waals surface area contributed by atoms with E-state index in [0.29, 0.717) is 18.1 Å². The minimum atomic E-state index is 0.0226. The lowest BCUT2D eigenvalue weighted by Gasteiger charge is -2.09. The third kappa shape index (κ3) is 2.18. The van der Waals surface area contributed by atoms with Gasteiger partial charge in [-0.25, -0.2) is 0 Å². The molecule has 1 aromatic rings. The molecule has 80 valence electrons. The Kier molecular flexibility index (Phi) is 3.02. The van der Waals surface area contributed by atoms with Gasteiger partial charge in [-0.05, 0) is 43.4 Å². The molecule has 0 unspecified atom stereocenters. The molecule has 0 radical (unpaired) electrons. The number of hydrogen-bond donors (Lipinski definition) is 1. The van der Waals surface area contributed by atoms with E-state index in [2.05, 4.69) is 0 Å². The lowest BCUT2D eigenvalue weighted by molar-refractivity contribution is 0.0997. The van der Waals surface area contributed by atoms with Gasteiger partial charge in [-0.15, -0.1) is 0 Å². The first-order chi connectivity index (χ1) is 7.31. The number of ketones is 1. The van der Waals surface area contributed by atoms with Crippen LogP contribution < -0.4 is 5.73 Å². The monoisotopic (exact) mass is 205 g/mol. The zero-order valence-electron chi connectivity index (χ0n) is 8.66. The molecule has 0 bridgehead atoms. The Hall–Kier alpha value is -1.35. The second-order valence-electron chi connectivity index (χ2n) is 3.77. The zero-order chi connectivity index (χ0) is 10.7. The topological polar surface area (TPSA) is 56.2 Å². The van der Waals surface area contributed by atoms with Gasteiger partial charge >= 0.3 is 0 Å². The molecule has 1 heterocycles. The molecule has 0 amide bonds. The highest BCUT2D eigenvalue weighted by Crippen LogP contribution is 2.22. The SMILES string of the molecule is NCc1ccc(C(=O)C2=CCCCC2)o1. The summed E-state index contributed by atoms with van der Waals surface area (Å²) in [6.07, 6.45) is 6.19. The van der Waals surface area contributed by atoms with Gasteiger partial charge in [-0.2, -0.15) is 0 Å². The van der Waals surface area contributed by atoms with E-state index in [9.17, 15) is 4.79 Å². The normalized spacial score (nSPS) is 16.2. The largest absolute Gasteiger partial charge is 0.456 e. The fraction of sp³-hybridized carbons (Fsp3) is 0.417. The molecule has 0 aromatic carbocycles. The zero-order valence-corrected chi connectivity index (χ0v) is 8.66. The van der Waals surface area contributed by atoms with Crippen molar-refractivity contribution in [1.82, 2.24) is 0 Å². The molecule has 15 heavy (non-hydrogen) atoms. The van der Waals surface area contributed by atoms with Gasteiger partial charge in [-0.3, -0.25) is 4.79 Å². The highest BCUT2D eigenvalue weighted by molar-refractivity contribution is 6.06. The number of Topliss-reactive ketones (excluding diaryl/α,β-unsaturated/α-hetero) is 1. The van der Waals surface area contributed by atoms with Gasteiger partial charge in [0.25, 0.3) is 0 Å². The molecule has 0 atom stereocenters. The molecule has 0 spiro atoms. The molecule has 1 aliphatic carbocycles. The van der Waals surface area contributed by atoms with Gasteiger partial charge in [0.2, 0.25) is 5.78 Å². The van der Waals surface area contributed by atoms with Gasteiger partial charge in [0, 0.05) is 0 Å². The van der Waals surface area contributed by atoms with E-state index in [-0.39, 0.29) is 5.78 Å². The maximum atomic E-state index is 11.9. The number of furan rings is 1. The van der Waals surface area contributed by atoms with Crippen LogP contribution in [-0.4, -0.2) is 5.78 Å². The van der Waals surface area contributed by atoms with Gasteiger partial charge in [0.1, 0.15) is 5.76 Å². The smallest absolute Gasteiger partial charge is 0.223 e. The number of nitrogens with two attached hydrogens (primary N) is 1. The van der Waals surface area contributed by atoms with Crippen molar-refractivity contribution in [3.8, 4) is 0 Å². The average molecular weight is 205 g/mol. The van der Waals surface area contributed by atoms with Crippen LogP contribution >= 0.6 is 0 Å². The summed E-state index contributed by atoms with van der Waals surface area (Å²) in [6, 6.07) is 3.47. The van der Waals surface area contributed by atoms with Crippen LogP contribution in [0.1, 0.15) is 42.0 Å². The highest BCUT2D eigenvalue weighted by Gasteiger charge is 2.17. The number of allylic oxidation sites excluding steroid dienone is 2. The van der Waals surface area contributed by atoms with Crippen molar-refractivity contribution in [2.45, 2.75) is 32.2 Å². The summed E-state index contributed by atoms with van der Waals surface area (Å²) in [7, 11) is 0. The van der Waals surface area contributed by atoms with Crippen LogP contribution in [0.2, 0.25) is 0 Å². The summed E-state index contributed by atoms with van der Waals surface area (Å²) in [4.78, 5) is 11.9. The predicted octanol–water partition coefficient (Wildman–Crippen LogP) is 2.42. The van der Waals surface area contributed by atoms with Crippen molar-refractivity contribution < 1.29 is 9.21 Å². The fourth-order valence-corrected chi connectivity index (χ4v) is 1.81. The molecule has 0 aliphatic heterocycles. The summed E-state index contributed by atoms with van der Waals surface area (Å²) in [5.74, 6) is 1.10. The Labute approximate surface area is 89.0 Å². The minimum absolute atomic E-state index is 0.0226. The van der Waals surface area contributed by atoms with Crippen molar-refractivity contribution in [1.29, 1.82) is 0 Å². The molecule has 0 fully saturated rings. The van der Waals surface area contributed by atoms with Crippen molar-refractivity contribution in [2.75, 3.05) is 0 Å². The van der Waals surface area contributed by atoms with E-state index in [1.165, 1.54) is 6.42 Å². The van der Waals surface area contributed by atoms with Crippen molar-refractivity contribution in [3.63, 3.8) is 0 Å². The Morgan fingerprint density at radius 2 is 2.27 bits per heavy atom. The number of carbonyl (C=O) groups excluding carboxylic acids is 1. The minimum Gasteiger partial charge on any atom is -0.456 e. The van der Waals surface area contributed by atoms with Crippen LogP contribution in [0.3, 0.4) is 0 Å². The molecule has 0 saturated heterocycles. The Morgan fingerprint density at radius 1 is 1.40 bits per heavy atom. The Bertz CT molecular complexity index is 390. The van der Waals surface area contributed by atoms with Crippen LogP contribution in [0.25, 0.3) is 0 Å². The molecule has 1 aromatic heterocycles. The second-order valence-corrected chi connectivity index (χ2v) is 3.77. The van der Waals surface area contributed by atoms with E-state index in [4.69, 9.17) is 10.2 Å². The van der Waals surface area contributed by atoms with Crippen LogP contribution in [0.5, 0.6) is 0 Å². The van der Waals surface area contributed by atoms with Crippen molar-refractivity contribution in [2.24, 2.45) is 5.73 Å². The summed E-state index contributed by atoms with van der Waals surface area (Å²) in [5.41, 5.74) is 6.31. The van der Waals surface area contributed by atoms with Gasteiger partial charge in [-0.1, -0.05) is 6.08 Å². The van der Waals surface area contributed by atoms with E-state index in [1.54, 1.807) is 12.1 Å². The maximum Gasteiger partial charge on any atom is 0.223 e. The Balaban J connectivity index is 2.16. The number of hydrogen-bond acceptors (Lipinski definition) is 3. The van der Waals surface area contributed by atoms with E-state index in [1.807, 2.05) is 6.08 Å². The van der Waals surface area contributed by atoms with Crippen molar-refractivity contribution >= 4 is 5.78 Å². The number of rotatable bonds is 3. The van der Waals surface area contributed by atoms with Gasteiger partial charge in [0.05, 0.1) is 6.54 Å². The van der Waals surface area contributed by atoms with Crippen LogP contribution in [0.4, 0.5) is 0 Å². The molecule has 0 saturated carbocycles. The van der Waals surface area contributed by atoms with Gasteiger partial charge < -0.3 is 10.2 Å². The first-order valence-corrected chi connectivity index (χ1v) is 5.34. The summed E-state index contributed by atoms with van der Waals surface area (Å²) in [5, 5.41) is 0. The van der Waals surface area contributed by atoms with E-state index in [0.717, 1.165) is 24.8 Å². The molecule has 3 heteroatoms. The lowest BCUT2D eigenvalue weighted by atomic mass is 9.95. The molecule has 2 N–H and O–H groups in total. The maximum absolute atomic E-state index is 11.9. The third-order valence-corrected chi connectivity index (χ3v) is 2.67. The molecular weight excluding hydrogens is 190 g/mol. The molecule has 1 aliphatic rings. The fourth-order valence-electron chi connectivity index (χ4n) is 1.81. The summed E-state index contributed by atoms with van der Waals surface area (Å²) < 4.78 is 5.33. The quantitative estimate of drug-likeness (QED) is 0.771. The van der Waals surface area contributed by atoms with Crippen LogP contribution in [0, 0.1) is 0 Å².